The molecule has 3 N–H and O–H groups in total. The van der Waals surface area contributed by atoms with Crippen molar-refractivity contribution in [1.82, 2.24) is 15.1 Å². The van der Waals surface area contributed by atoms with Crippen molar-refractivity contribution in [2.45, 2.75) is 39.4 Å². The van der Waals surface area contributed by atoms with E-state index in [-0.39, 0.29) is 5.54 Å². The molecule has 0 fully saturated rings. The van der Waals surface area contributed by atoms with Crippen LogP contribution < -0.4 is 11.1 Å². The molecule has 0 atom stereocenters. The van der Waals surface area contributed by atoms with E-state index in [0.29, 0.717) is 12.5 Å². The Balaban J connectivity index is 1.93. The monoisotopic (exact) mass is 285 g/mol. The fourth-order valence-electron chi connectivity index (χ4n) is 1.95. The number of nitrogens with zero attached hydrogens (tertiary/aromatic N) is 3. The Morgan fingerprint density at radius 2 is 1.95 bits per heavy atom. The van der Waals surface area contributed by atoms with Crippen molar-refractivity contribution in [3.05, 3.63) is 53.9 Å². The molecule has 2 aromatic rings. The van der Waals surface area contributed by atoms with E-state index >= 15 is 0 Å². The predicted molar refractivity (Wildman–Crippen MR) is 86.0 cm³/mol. The van der Waals surface area contributed by atoms with Gasteiger partial charge in [-0.3, -0.25) is 4.68 Å². The standard InChI is InChI=1S/C16H23N5/c1-16(2,3)20-15(17)18-9-14-10-19-21(12-14)11-13-7-5-4-6-8-13/h4-8,10,12H,9,11H2,1-3H3,(H3,17,18,20). The van der Waals surface area contributed by atoms with Crippen LogP contribution >= 0.6 is 0 Å². The third kappa shape index (κ3) is 5.30. The third-order valence-corrected chi connectivity index (χ3v) is 2.81. The van der Waals surface area contributed by atoms with E-state index < -0.39 is 0 Å². The lowest BCUT2D eigenvalue weighted by molar-refractivity contribution is 0.508. The second kappa shape index (κ2) is 6.43. The van der Waals surface area contributed by atoms with E-state index in [4.69, 9.17) is 5.73 Å². The number of nitrogens with two attached hydrogens (primary N) is 1. The first kappa shape index (κ1) is 15.1. The van der Waals surface area contributed by atoms with Gasteiger partial charge in [0.15, 0.2) is 5.96 Å². The number of rotatable bonds is 4. The molecule has 2 rings (SSSR count). The van der Waals surface area contributed by atoms with Crippen molar-refractivity contribution in [2.24, 2.45) is 10.7 Å². The molecular formula is C16H23N5. The summed E-state index contributed by atoms with van der Waals surface area (Å²) >= 11 is 0. The Labute approximate surface area is 125 Å². The highest BCUT2D eigenvalue weighted by Gasteiger charge is 2.09. The van der Waals surface area contributed by atoms with Crippen molar-refractivity contribution in [1.29, 1.82) is 0 Å². The Hall–Kier alpha value is -2.30. The van der Waals surface area contributed by atoms with Crippen LogP contribution in [-0.4, -0.2) is 21.3 Å². The van der Waals surface area contributed by atoms with Gasteiger partial charge in [-0.05, 0) is 26.3 Å². The number of nitrogens with one attached hydrogen (secondary N) is 1. The van der Waals surface area contributed by atoms with Gasteiger partial charge in [0, 0.05) is 17.3 Å². The van der Waals surface area contributed by atoms with Crippen LogP contribution in [0.15, 0.2) is 47.7 Å². The summed E-state index contributed by atoms with van der Waals surface area (Å²) in [7, 11) is 0. The smallest absolute Gasteiger partial charge is 0.189 e. The fraction of sp³-hybridized carbons (Fsp3) is 0.375. The molecule has 5 nitrogen and oxygen atoms in total. The van der Waals surface area contributed by atoms with Gasteiger partial charge in [0.25, 0.3) is 0 Å². The van der Waals surface area contributed by atoms with Crippen molar-refractivity contribution < 1.29 is 0 Å². The Bertz CT molecular complexity index is 593. The van der Waals surface area contributed by atoms with Crippen molar-refractivity contribution in [3.8, 4) is 0 Å². The third-order valence-electron chi connectivity index (χ3n) is 2.81. The predicted octanol–water partition coefficient (Wildman–Crippen LogP) is 2.13. The minimum atomic E-state index is -0.0783. The molecule has 1 aromatic heterocycles. The van der Waals surface area contributed by atoms with Crippen LogP contribution in [0, 0.1) is 0 Å². The van der Waals surface area contributed by atoms with E-state index in [2.05, 4.69) is 27.5 Å². The summed E-state index contributed by atoms with van der Waals surface area (Å²) in [6.45, 7) is 7.44. The van der Waals surface area contributed by atoms with E-state index in [1.807, 2.05) is 56.0 Å². The highest BCUT2D eigenvalue weighted by Crippen LogP contribution is 2.05. The second-order valence-electron chi connectivity index (χ2n) is 6.11. The lowest BCUT2D eigenvalue weighted by Gasteiger charge is -2.20. The molecular weight excluding hydrogens is 262 g/mol. The normalized spacial score (nSPS) is 12.4. The summed E-state index contributed by atoms with van der Waals surface area (Å²) in [4.78, 5) is 4.33. The lowest BCUT2D eigenvalue weighted by atomic mass is 10.1. The van der Waals surface area contributed by atoms with E-state index in [9.17, 15) is 0 Å². The minimum absolute atomic E-state index is 0.0783. The molecule has 0 unspecified atom stereocenters. The summed E-state index contributed by atoms with van der Waals surface area (Å²) in [6.07, 6.45) is 3.83. The molecule has 1 heterocycles. The molecule has 5 heteroatoms. The quantitative estimate of drug-likeness (QED) is 0.668. The number of hydrogen-bond acceptors (Lipinski definition) is 2. The maximum Gasteiger partial charge on any atom is 0.189 e. The van der Waals surface area contributed by atoms with Gasteiger partial charge in [0.1, 0.15) is 0 Å². The van der Waals surface area contributed by atoms with Crippen LogP contribution in [0.1, 0.15) is 31.9 Å². The molecule has 1 aromatic carbocycles. The zero-order chi connectivity index (χ0) is 15.3. The fourth-order valence-corrected chi connectivity index (χ4v) is 1.95. The average Bonchev–Trinajstić information content (AvgIpc) is 2.83. The van der Waals surface area contributed by atoms with Crippen LogP contribution in [0.2, 0.25) is 0 Å². The van der Waals surface area contributed by atoms with Crippen LogP contribution in [0.25, 0.3) is 0 Å². The van der Waals surface area contributed by atoms with Gasteiger partial charge in [-0.2, -0.15) is 5.10 Å². The molecule has 0 aliphatic rings. The molecule has 0 radical (unpaired) electrons. The van der Waals surface area contributed by atoms with Crippen molar-refractivity contribution in [2.75, 3.05) is 0 Å². The molecule has 0 aliphatic carbocycles. The topological polar surface area (TPSA) is 68.2 Å². The largest absolute Gasteiger partial charge is 0.370 e. The summed E-state index contributed by atoms with van der Waals surface area (Å²) in [6, 6.07) is 10.2. The maximum absolute atomic E-state index is 5.85. The van der Waals surface area contributed by atoms with Crippen LogP contribution in [-0.2, 0) is 13.1 Å². The first-order chi connectivity index (χ1) is 9.92. The van der Waals surface area contributed by atoms with Gasteiger partial charge >= 0.3 is 0 Å². The van der Waals surface area contributed by atoms with Gasteiger partial charge in [0.05, 0.1) is 19.3 Å². The van der Waals surface area contributed by atoms with Gasteiger partial charge in [-0.25, -0.2) is 4.99 Å². The van der Waals surface area contributed by atoms with Gasteiger partial charge in [0.2, 0.25) is 0 Å². The maximum atomic E-state index is 5.85. The Kier molecular flexibility index (Phi) is 4.62. The summed E-state index contributed by atoms with van der Waals surface area (Å²) in [5.74, 6) is 0.457. The minimum Gasteiger partial charge on any atom is -0.370 e. The van der Waals surface area contributed by atoms with E-state index in [1.165, 1.54) is 5.56 Å². The van der Waals surface area contributed by atoms with Gasteiger partial charge in [-0.15, -0.1) is 0 Å². The number of guanidine groups is 1. The lowest BCUT2D eigenvalue weighted by Crippen LogP contribution is -2.44. The van der Waals surface area contributed by atoms with Gasteiger partial charge in [-0.1, -0.05) is 30.3 Å². The molecule has 112 valence electrons. The molecule has 0 bridgehead atoms. The summed E-state index contributed by atoms with van der Waals surface area (Å²) in [5.41, 5.74) is 8.04. The summed E-state index contributed by atoms with van der Waals surface area (Å²) in [5, 5.41) is 7.49. The Morgan fingerprint density at radius 1 is 1.24 bits per heavy atom. The number of aromatic nitrogens is 2. The Morgan fingerprint density at radius 3 is 2.62 bits per heavy atom. The average molecular weight is 285 g/mol. The summed E-state index contributed by atoms with van der Waals surface area (Å²) < 4.78 is 1.91. The van der Waals surface area contributed by atoms with Crippen LogP contribution in [0.4, 0.5) is 0 Å². The van der Waals surface area contributed by atoms with Crippen LogP contribution in [0.5, 0.6) is 0 Å². The molecule has 0 aliphatic heterocycles. The number of hydrogen-bond donors (Lipinski definition) is 2. The first-order valence-corrected chi connectivity index (χ1v) is 7.06. The molecule has 0 saturated heterocycles. The van der Waals surface area contributed by atoms with E-state index in [0.717, 1.165) is 12.1 Å². The number of benzene rings is 1. The van der Waals surface area contributed by atoms with Crippen molar-refractivity contribution >= 4 is 5.96 Å². The van der Waals surface area contributed by atoms with Crippen LogP contribution in [0.3, 0.4) is 0 Å². The number of aliphatic imine (C=N–C) groups is 1. The first-order valence-electron chi connectivity index (χ1n) is 7.06. The highest BCUT2D eigenvalue weighted by molar-refractivity contribution is 5.78. The molecule has 0 amide bonds. The molecule has 0 spiro atoms. The second-order valence-corrected chi connectivity index (χ2v) is 6.11. The zero-order valence-electron chi connectivity index (χ0n) is 12.9. The van der Waals surface area contributed by atoms with E-state index in [1.54, 1.807) is 0 Å². The molecule has 21 heavy (non-hydrogen) atoms. The highest BCUT2D eigenvalue weighted by atomic mass is 15.3. The van der Waals surface area contributed by atoms with Crippen molar-refractivity contribution in [3.63, 3.8) is 0 Å². The SMILES string of the molecule is CC(C)(C)NC(N)=NCc1cnn(Cc2ccccc2)c1. The zero-order valence-corrected chi connectivity index (χ0v) is 12.9. The van der Waals surface area contributed by atoms with Gasteiger partial charge < -0.3 is 11.1 Å². The molecule has 0 saturated carbocycles.